The third-order valence-corrected chi connectivity index (χ3v) is 3.03. The fourth-order valence-electron chi connectivity index (χ4n) is 2.09. The van der Waals surface area contributed by atoms with Crippen LogP contribution in [-0.2, 0) is 13.1 Å². The topological polar surface area (TPSA) is 112 Å². The Morgan fingerprint density at radius 1 is 1.33 bits per heavy atom. The molecule has 0 aliphatic rings. The normalized spacial score (nSPS) is 11.1. The third kappa shape index (κ3) is 2.75. The molecule has 0 radical (unpaired) electrons. The molecule has 2 aromatic heterocycles. The van der Waals surface area contributed by atoms with Crippen molar-refractivity contribution in [2.24, 2.45) is 0 Å². The summed E-state index contributed by atoms with van der Waals surface area (Å²) in [5, 5.41) is 9.76. The van der Waals surface area contributed by atoms with Gasteiger partial charge in [-0.05, 0) is 12.1 Å². The quantitative estimate of drug-likeness (QED) is 0.563. The fourth-order valence-corrected chi connectivity index (χ4v) is 2.09. The van der Waals surface area contributed by atoms with Gasteiger partial charge in [-0.25, -0.2) is 4.39 Å². The molecule has 1 aromatic carbocycles. The van der Waals surface area contributed by atoms with Crippen molar-refractivity contribution in [1.29, 1.82) is 0 Å². The molecule has 7 nitrogen and oxygen atoms in total. The number of nitrogen functional groups attached to an aromatic ring is 1. The maximum absolute atomic E-state index is 13.7. The number of hydrogen-bond acceptors (Lipinski definition) is 5. The summed E-state index contributed by atoms with van der Waals surface area (Å²) >= 11 is 0. The minimum Gasteiger partial charge on any atom is -0.367 e. The number of fused-ring (bicyclic) bond motifs is 1. The largest absolute Gasteiger partial charge is 0.367 e. The minimum atomic E-state index is -0.450. The van der Waals surface area contributed by atoms with Crippen LogP contribution in [-0.4, -0.2) is 20.2 Å². The van der Waals surface area contributed by atoms with Crippen LogP contribution in [0.4, 0.5) is 10.3 Å². The maximum Gasteiger partial charge on any atom is 0.239 e. The summed E-state index contributed by atoms with van der Waals surface area (Å²) in [7, 11) is 0. The van der Waals surface area contributed by atoms with Crippen LogP contribution < -0.4 is 16.5 Å². The van der Waals surface area contributed by atoms with Crippen LogP contribution in [0.25, 0.3) is 10.9 Å². The van der Waals surface area contributed by atoms with E-state index in [4.69, 9.17) is 5.73 Å². The van der Waals surface area contributed by atoms with Crippen molar-refractivity contribution in [2.75, 3.05) is 5.73 Å². The Kier molecular flexibility index (Phi) is 3.36. The number of halogens is 1. The van der Waals surface area contributed by atoms with E-state index in [1.54, 1.807) is 6.07 Å². The molecule has 0 saturated heterocycles. The molecule has 21 heavy (non-hydrogen) atoms. The number of H-pyrrole nitrogens is 2. The second-order valence-corrected chi connectivity index (χ2v) is 4.57. The molecule has 5 N–H and O–H groups in total. The highest BCUT2D eigenvalue weighted by Gasteiger charge is 2.06. The van der Waals surface area contributed by atoms with Crippen molar-refractivity contribution >= 4 is 16.9 Å². The van der Waals surface area contributed by atoms with E-state index in [2.05, 4.69) is 25.5 Å². The second kappa shape index (κ2) is 5.33. The van der Waals surface area contributed by atoms with E-state index >= 15 is 0 Å². The van der Waals surface area contributed by atoms with Crippen LogP contribution in [0.2, 0.25) is 0 Å². The summed E-state index contributed by atoms with van der Waals surface area (Å²) < 4.78 is 13.7. The first-order valence-electron chi connectivity index (χ1n) is 6.31. The van der Waals surface area contributed by atoms with E-state index < -0.39 is 5.82 Å². The predicted octanol–water partition coefficient (Wildman–Crippen LogP) is 0.657. The van der Waals surface area contributed by atoms with Crippen LogP contribution >= 0.6 is 0 Å². The Morgan fingerprint density at radius 3 is 2.95 bits per heavy atom. The standard InChI is InChI=1S/C13H13FN6O/c14-9-3-1-2-8-10(21)4-7(17-12(8)9)5-16-6-11-18-13(15)20-19-11/h1-4,16H,5-6H2,(H,17,21)(H3,15,18,19,20). The molecule has 0 aliphatic carbocycles. The molecule has 0 spiro atoms. The van der Waals surface area contributed by atoms with Crippen molar-refractivity contribution < 1.29 is 4.39 Å². The number of rotatable bonds is 4. The smallest absolute Gasteiger partial charge is 0.239 e. The molecule has 0 fully saturated rings. The zero-order valence-electron chi connectivity index (χ0n) is 11.0. The third-order valence-electron chi connectivity index (χ3n) is 3.03. The number of hydrogen-bond donors (Lipinski definition) is 4. The van der Waals surface area contributed by atoms with E-state index in [-0.39, 0.29) is 16.9 Å². The van der Waals surface area contributed by atoms with E-state index in [1.807, 2.05) is 0 Å². The fraction of sp³-hybridized carbons (Fsp3) is 0.154. The van der Waals surface area contributed by atoms with Gasteiger partial charge in [0.15, 0.2) is 5.43 Å². The molecule has 0 aliphatic heterocycles. The predicted molar refractivity (Wildman–Crippen MR) is 75.9 cm³/mol. The van der Waals surface area contributed by atoms with Crippen molar-refractivity contribution in [3.63, 3.8) is 0 Å². The first-order valence-corrected chi connectivity index (χ1v) is 6.31. The van der Waals surface area contributed by atoms with Crippen LogP contribution in [0.3, 0.4) is 0 Å². The minimum absolute atomic E-state index is 0.174. The molecule has 0 atom stereocenters. The molecule has 0 amide bonds. The lowest BCUT2D eigenvalue weighted by Gasteiger charge is -2.06. The number of nitrogens with two attached hydrogens (primary N) is 1. The average Bonchev–Trinajstić information content (AvgIpc) is 2.86. The molecule has 0 unspecified atom stereocenters. The van der Waals surface area contributed by atoms with Crippen LogP contribution in [0.15, 0.2) is 29.1 Å². The van der Waals surface area contributed by atoms with Crippen LogP contribution in [0.1, 0.15) is 11.5 Å². The Hall–Kier alpha value is -2.74. The number of benzene rings is 1. The molecular weight excluding hydrogens is 275 g/mol. The number of aromatic nitrogens is 4. The van der Waals surface area contributed by atoms with E-state index in [1.165, 1.54) is 18.2 Å². The first kappa shape index (κ1) is 13.3. The van der Waals surface area contributed by atoms with Crippen LogP contribution in [0, 0.1) is 5.82 Å². The maximum atomic E-state index is 13.7. The van der Waals surface area contributed by atoms with Crippen molar-refractivity contribution in [1.82, 2.24) is 25.5 Å². The lowest BCUT2D eigenvalue weighted by atomic mass is 10.2. The summed E-state index contributed by atoms with van der Waals surface area (Å²) in [6, 6.07) is 5.86. The van der Waals surface area contributed by atoms with Gasteiger partial charge in [0, 0.05) is 23.7 Å². The highest BCUT2D eigenvalue weighted by atomic mass is 19.1. The second-order valence-electron chi connectivity index (χ2n) is 4.57. The Bertz CT molecular complexity index is 840. The Labute approximate surface area is 118 Å². The van der Waals surface area contributed by atoms with Gasteiger partial charge in [0.2, 0.25) is 5.95 Å². The van der Waals surface area contributed by atoms with Gasteiger partial charge in [-0.3, -0.25) is 9.89 Å². The molecule has 3 rings (SSSR count). The van der Waals surface area contributed by atoms with Crippen molar-refractivity contribution in [3.8, 4) is 0 Å². The molecule has 108 valence electrons. The molecule has 0 bridgehead atoms. The summed E-state index contributed by atoms with van der Waals surface area (Å²) in [5.41, 5.74) is 5.97. The van der Waals surface area contributed by atoms with Gasteiger partial charge in [0.25, 0.3) is 0 Å². The van der Waals surface area contributed by atoms with Crippen molar-refractivity contribution in [2.45, 2.75) is 13.1 Å². The zero-order chi connectivity index (χ0) is 14.8. The lowest BCUT2D eigenvalue weighted by molar-refractivity contribution is 0.631. The SMILES string of the molecule is Nc1n[nH]c(CNCc2cc(=O)c3cccc(F)c3[nH]2)n1. The van der Waals surface area contributed by atoms with E-state index in [9.17, 15) is 9.18 Å². The van der Waals surface area contributed by atoms with Crippen LogP contribution in [0.5, 0.6) is 0 Å². The lowest BCUT2D eigenvalue weighted by Crippen LogP contribution is -2.17. The number of pyridine rings is 1. The number of nitrogens with zero attached hydrogens (tertiary/aromatic N) is 2. The summed E-state index contributed by atoms with van der Waals surface area (Å²) in [4.78, 5) is 18.8. The summed E-state index contributed by atoms with van der Waals surface area (Å²) in [5.74, 6) is 0.309. The highest BCUT2D eigenvalue weighted by molar-refractivity contribution is 5.78. The number of para-hydroxylation sites is 1. The molecular formula is C13H13FN6O. The van der Waals surface area contributed by atoms with Gasteiger partial charge >= 0.3 is 0 Å². The monoisotopic (exact) mass is 288 g/mol. The Morgan fingerprint density at radius 2 is 2.19 bits per heavy atom. The first-order chi connectivity index (χ1) is 10.1. The average molecular weight is 288 g/mol. The van der Waals surface area contributed by atoms with Gasteiger partial charge in [-0.15, -0.1) is 5.10 Å². The molecule has 8 heteroatoms. The highest BCUT2D eigenvalue weighted by Crippen LogP contribution is 2.12. The van der Waals surface area contributed by atoms with E-state index in [0.29, 0.717) is 30.0 Å². The van der Waals surface area contributed by atoms with Crippen molar-refractivity contribution in [3.05, 3.63) is 51.8 Å². The Balaban J connectivity index is 1.78. The number of aromatic amines is 2. The molecule has 2 heterocycles. The van der Waals surface area contributed by atoms with Gasteiger partial charge in [-0.2, -0.15) is 4.98 Å². The van der Waals surface area contributed by atoms with Gasteiger partial charge in [0.05, 0.1) is 12.1 Å². The summed E-state index contributed by atoms with van der Waals surface area (Å²) in [6.45, 7) is 0.766. The molecule has 0 saturated carbocycles. The molecule has 3 aromatic rings. The van der Waals surface area contributed by atoms with E-state index in [0.717, 1.165) is 0 Å². The van der Waals surface area contributed by atoms with Gasteiger partial charge in [-0.1, -0.05) is 6.07 Å². The summed E-state index contributed by atoms with van der Waals surface area (Å²) in [6.07, 6.45) is 0. The van der Waals surface area contributed by atoms with Gasteiger partial charge in [0.1, 0.15) is 11.6 Å². The van der Waals surface area contributed by atoms with Gasteiger partial charge < -0.3 is 16.0 Å². The number of nitrogens with one attached hydrogen (secondary N) is 3. The number of anilines is 1. The zero-order valence-corrected chi connectivity index (χ0v) is 11.0.